The molecule has 32 heavy (non-hydrogen) atoms. The quantitative estimate of drug-likeness (QED) is 0.642. The van der Waals surface area contributed by atoms with Crippen LogP contribution in [-0.4, -0.2) is 64.0 Å². The Hall–Kier alpha value is -3.26. The third kappa shape index (κ3) is 5.31. The second kappa shape index (κ2) is 9.91. The normalized spacial score (nSPS) is 17.6. The number of piperazine rings is 1. The Bertz CT molecular complexity index is 1030. The molecule has 1 aromatic heterocycles. The minimum atomic E-state index is -1.08. The molecule has 2 heterocycles. The number of aryl methyl sites for hydroxylation is 2. The number of pyridine rings is 1. The van der Waals surface area contributed by atoms with E-state index in [0.717, 1.165) is 5.56 Å². The van der Waals surface area contributed by atoms with Crippen molar-refractivity contribution < 1.29 is 19.1 Å². The number of nitrogens with one attached hydrogen (secondary N) is 1. The van der Waals surface area contributed by atoms with Crippen LogP contribution in [0.1, 0.15) is 40.1 Å². The van der Waals surface area contributed by atoms with Crippen molar-refractivity contribution in [3.63, 3.8) is 0 Å². The molecule has 1 aliphatic rings. The van der Waals surface area contributed by atoms with Crippen LogP contribution in [0.3, 0.4) is 0 Å². The number of carbonyl (C=O) groups excluding carboxylic acids is 1. The average Bonchev–Trinajstić information content (AvgIpc) is 2.74. The summed E-state index contributed by atoms with van der Waals surface area (Å²) >= 11 is 0. The first-order valence-electron chi connectivity index (χ1n) is 10.6. The first kappa shape index (κ1) is 23.4. The molecule has 2 aromatic rings. The van der Waals surface area contributed by atoms with Gasteiger partial charge in [-0.15, -0.1) is 0 Å². The largest absolute Gasteiger partial charge is 0.477 e. The Morgan fingerprint density at radius 1 is 1.31 bits per heavy atom. The van der Waals surface area contributed by atoms with E-state index in [-0.39, 0.29) is 29.5 Å². The maximum absolute atomic E-state index is 14.3. The van der Waals surface area contributed by atoms with Gasteiger partial charge in [0.25, 0.3) is 0 Å². The van der Waals surface area contributed by atoms with Crippen molar-refractivity contribution in [1.82, 2.24) is 14.8 Å². The van der Waals surface area contributed by atoms with Gasteiger partial charge in [-0.25, -0.2) is 14.2 Å². The molecule has 1 saturated heterocycles. The lowest BCUT2D eigenvalue weighted by molar-refractivity contribution is -0.130. The molecule has 1 aliphatic heterocycles. The number of halogens is 1. The first-order valence-corrected chi connectivity index (χ1v) is 10.6. The van der Waals surface area contributed by atoms with Crippen LogP contribution >= 0.6 is 0 Å². The summed E-state index contributed by atoms with van der Waals surface area (Å²) in [6.07, 6.45) is 2.82. The van der Waals surface area contributed by atoms with Crippen molar-refractivity contribution in [3.05, 3.63) is 71.3 Å². The van der Waals surface area contributed by atoms with Crippen molar-refractivity contribution in [2.45, 2.75) is 32.9 Å². The number of aromatic carboxylic acids is 1. The van der Waals surface area contributed by atoms with Gasteiger partial charge < -0.3 is 15.3 Å². The standard InChI is InChI=1S/C24H29FN4O3/c1-5-22(30)29-9-8-28(13-17(29)4)14-21(18-7-6-15(2)20(25)11-18)27-19-10-16(3)23(24(31)32)26-12-19/h5-7,10-12,17,21,27H,1,8-9,13-14H2,2-4H3,(H,31,32)/t17-,21?/m1/s1. The van der Waals surface area contributed by atoms with Crippen LogP contribution in [0.4, 0.5) is 10.1 Å². The van der Waals surface area contributed by atoms with E-state index < -0.39 is 5.97 Å². The van der Waals surface area contributed by atoms with E-state index in [1.165, 1.54) is 18.3 Å². The van der Waals surface area contributed by atoms with Gasteiger partial charge in [-0.1, -0.05) is 18.7 Å². The Morgan fingerprint density at radius 2 is 2.06 bits per heavy atom. The van der Waals surface area contributed by atoms with Crippen LogP contribution in [-0.2, 0) is 4.79 Å². The number of amides is 1. The Kier molecular flexibility index (Phi) is 7.25. The lowest BCUT2D eigenvalue weighted by atomic mass is 10.0. The molecule has 2 N–H and O–H groups in total. The number of aromatic nitrogens is 1. The number of hydrogen-bond donors (Lipinski definition) is 2. The van der Waals surface area contributed by atoms with Gasteiger partial charge in [0.15, 0.2) is 5.69 Å². The molecule has 1 amide bonds. The zero-order valence-electron chi connectivity index (χ0n) is 18.6. The van der Waals surface area contributed by atoms with Gasteiger partial charge in [0.2, 0.25) is 5.91 Å². The maximum Gasteiger partial charge on any atom is 0.354 e. The van der Waals surface area contributed by atoms with Crippen LogP contribution in [0, 0.1) is 19.7 Å². The van der Waals surface area contributed by atoms with Crippen molar-refractivity contribution in [1.29, 1.82) is 0 Å². The number of rotatable bonds is 7. The van der Waals surface area contributed by atoms with E-state index in [4.69, 9.17) is 0 Å². The second-order valence-corrected chi connectivity index (χ2v) is 8.24. The van der Waals surface area contributed by atoms with Gasteiger partial charge in [-0.05, 0) is 55.7 Å². The monoisotopic (exact) mass is 440 g/mol. The van der Waals surface area contributed by atoms with E-state index in [0.29, 0.717) is 43.0 Å². The predicted molar refractivity (Wildman–Crippen MR) is 121 cm³/mol. The van der Waals surface area contributed by atoms with Crippen LogP contribution in [0.15, 0.2) is 43.1 Å². The summed E-state index contributed by atoms with van der Waals surface area (Å²) in [6, 6.07) is 6.68. The molecule has 0 bridgehead atoms. The van der Waals surface area contributed by atoms with Gasteiger partial charge in [-0.2, -0.15) is 0 Å². The minimum absolute atomic E-state index is 0.00492. The molecule has 2 atom stereocenters. The zero-order chi connectivity index (χ0) is 23.4. The smallest absolute Gasteiger partial charge is 0.354 e. The highest BCUT2D eigenvalue weighted by Crippen LogP contribution is 2.25. The van der Waals surface area contributed by atoms with Crippen molar-refractivity contribution in [2.75, 3.05) is 31.5 Å². The first-order chi connectivity index (χ1) is 15.2. The fourth-order valence-electron chi connectivity index (χ4n) is 4.04. The van der Waals surface area contributed by atoms with E-state index in [1.807, 2.05) is 13.0 Å². The number of carboxylic acids is 1. The summed E-state index contributed by atoms with van der Waals surface area (Å²) in [7, 11) is 0. The lowest BCUT2D eigenvalue weighted by Crippen LogP contribution is -2.54. The van der Waals surface area contributed by atoms with E-state index in [9.17, 15) is 19.1 Å². The Labute approximate surface area is 187 Å². The summed E-state index contributed by atoms with van der Waals surface area (Å²) in [5.41, 5.74) is 2.56. The van der Waals surface area contributed by atoms with Crippen LogP contribution in [0.25, 0.3) is 0 Å². The highest BCUT2D eigenvalue weighted by atomic mass is 19.1. The van der Waals surface area contributed by atoms with Gasteiger partial charge in [0, 0.05) is 32.2 Å². The molecular formula is C24H29FN4O3. The molecule has 0 spiro atoms. The molecule has 1 fully saturated rings. The highest BCUT2D eigenvalue weighted by Gasteiger charge is 2.28. The number of benzene rings is 1. The second-order valence-electron chi connectivity index (χ2n) is 8.24. The average molecular weight is 441 g/mol. The SMILES string of the molecule is C=CC(=O)N1CCN(CC(Nc2cnc(C(=O)O)c(C)c2)c2ccc(C)c(F)c2)C[C@H]1C. The number of anilines is 1. The number of carboxylic acid groups (broad SMARTS) is 1. The molecule has 0 aliphatic carbocycles. The zero-order valence-corrected chi connectivity index (χ0v) is 18.6. The van der Waals surface area contributed by atoms with Crippen molar-refractivity contribution in [2.24, 2.45) is 0 Å². The van der Waals surface area contributed by atoms with Gasteiger partial charge in [0.05, 0.1) is 17.9 Å². The third-order valence-corrected chi connectivity index (χ3v) is 5.83. The molecule has 0 radical (unpaired) electrons. The number of carbonyl (C=O) groups is 2. The molecule has 1 aromatic carbocycles. The molecular weight excluding hydrogens is 411 g/mol. The Morgan fingerprint density at radius 3 is 2.66 bits per heavy atom. The summed E-state index contributed by atoms with van der Waals surface area (Å²) in [4.78, 5) is 31.4. The number of hydrogen-bond acceptors (Lipinski definition) is 5. The molecule has 1 unspecified atom stereocenters. The fourth-order valence-corrected chi connectivity index (χ4v) is 4.04. The van der Waals surface area contributed by atoms with E-state index in [2.05, 4.69) is 21.8 Å². The van der Waals surface area contributed by atoms with Crippen LogP contribution in [0.2, 0.25) is 0 Å². The predicted octanol–water partition coefficient (Wildman–Crippen LogP) is 3.41. The van der Waals surface area contributed by atoms with E-state index >= 15 is 0 Å². The van der Waals surface area contributed by atoms with E-state index in [1.54, 1.807) is 30.9 Å². The summed E-state index contributed by atoms with van der Waals surface area (Å²) in [5.74, 6) is -1.43. The van der Waals surface area contributed by atoms with Crippen molar-refractivity contribution in [3.8, 4) is 0 Å². The fraction of sp³-hybridized carbons (Fsp3) is 0.375. The summed E-state index contributed by atoms with van der Waals surface area (Å²) in [6.45, 7) is 11.5. The van der Waals surface area contributed by atoms with Crippen molar-refractivity contribution >= 4 is 17.6 Å². The summed E-state index contributed by atoms with van der Waals surface area (Å²) in [5, 5.41) is 12.6. The molecule has 3 rings (SSSR count). The lowest BCUT2D eigenvalue weighted by Gasteiger charge is -2.41. The van der Waals surface area contributed by atoms with Gasteiger partial charge in [0.1, 0.15) is 5.82 Å². The van der Waals surface area contributed by atoms with Crippen LogP contribution < -0.4 is 5.32 Å². The number of nitrogens with zero attached hydrogens (tertiary/aromatic N) is 3. The highest BCUT2D eigenvalue weighted by molar-refractivity contribution is 5.87. The van der Waals surface area contributed by atoms with Gasteiger partial charge in [-0.3, -0.25) is 9.69 Å². The minimum Gasteiger partial charge on any atom is -0.477 e. The molecule has 0 saturated carbocycles. The molecule has 170 valence electrons. The molecule has 7 nitrogen and oxygen atoms in total. The molecule has 8 heteroatoms. The summed E-state index contributed by atoms with van der Waals surface area (Å²) < 4.78 is 14.3. The third-order valence-electron chi connectivity index (χ3n) is 5.83. The topological polar surface area (TPSA) is 85.8 Å². The Balaban J connectivity index is 1.83. The van der Waals surface area contributed by atoms with Crippen LogP contribution in [0.5, 0.6) is 0 Å². The maximum atomic E-state index is 14.3. The van der Waals surface area contributed by atoms with Gasteiger partial charge >= 0.3 is 5.97 Å².